The zero-order chi connectivity index (χ0) is 16.1. The average Bonchev–Trinajstić information content (AvgIpc) is 3.15. The molecule has 1 saturated heterocycles. The normalized spacial score (nSPS) is 14.6. The van der Waals surface area contributed by atoms with Gasteiger partial charge in [-0.3, -0.25) is 4.79 Å². The molecule has 0 atom stereocenters. The molecule has 3 heteroatoms. The molecule has 2 heterocycles. The lowest BCUT2D eigenvalue weighted by molar-refractivity contribution is -0.568. The number of allylic oxidation sites excluding steroid dienone is 1. The first kappa shape index (κ1) is 15.5. The topological polar surface area (TPSA) is 24.2 Å². The molecular weight excluding hydrogens is 284 g/mol. The van der Waals surface area contributed by atoms with Crippen LogP contribution in [0.4, 0.5) is 5.69 Å². The summed E-state index contributed by atoms with van der Waals surface area (Å²) in [6, 6.07) is 12.0. The third-order valence-electron chi connectivity index (χ3n) is 4.35. The summed E-state index contributed by atoms with van der Waals surface area (Å²) in [6.07, 6.45) is 11.0. The van der Waals surface area contributed by atoms with E-state index in [2.05, 4.69) is 24.0 Å². The van der Waals surface area contributed by atoms with Crippen molar-refractivity contribution < 1.29 is 9.36 Å². The van der Waals surface area contributed by atoms with Gasteiger partial charge in [0, 0.05) is 36.5 Å². The zero-order valence-corrected chi connectivity index (χ0v) is 13.6. The van der Waals surface area contributed by atoms with Gasteiger partial charge in [-0.15, -0.1) is 0 Å². The third-order valence-corrected chi connectivity index (χ3v) is 4.35. The van der Waals surface area contributed by atoms with Gasteiger partial charge in [0.25, 0.3) is 0 Å². The predicted molar refractivity (Wildman–Crippen MR) is 93.6 cm³/mol. The van der Waals surface area contributed by atoms with Crippen molar-refractivity contribution in [2.45, 2.75) is 26.2 Å². The number of rotatable bonds is 5. The lowest BCUT2D eigenvalue weighted by Gasteiger charge is -2.15. The highest BCUT2D eigenvalue weighted by atomic mass is 16.1. The maximum Gasteiger partial charge on any atom is 0.191 e. The summed E-state index contributed by atoms with van der Waals surface area (Å²) in [5, 5.41) is 0. The van der Waals surface area contributed by atoms with Crippen molar-refractivity contribution in [1.29, 1.82) is 0 Å². The van der Waals surface area contributed by atoms with E-state index in [1.807, 2.05) is 47.4 Å². The molecule has 23 heavy (non-hydrogen) atoms. The fraction of sp³-hybridized carbons (Fsp3) is 0.300. The summed E-state index contributed by atoms with van der Waals surface area (Å²) in [5.74, 6) is 0.0313. The van der Waals surface area contributed by atoms with Crippen LogP contribution in [-0.2, 0) is 6.42 Å². The van der Waals surface area contributed by atoms with E-state index in [0.717, 1.165) is 25.1 Å². The van der Waals surface area contributed by atoms with Crippen LogP contribution in [0.15, 0.2) is 54.9 Å². The number of nitrogens with zero attached hydrogens (tertiary/aromatic N) is 2. The fourth-order valence-electron chi connectivity index (χ4n) is 2.87. The van der Waals surface area contributed by atoms with E-state index in [9.17, 15) is 4.79 Å². The van der Waals surface area contributed by atoms with Gasteiger partial charge in [0.2, 0.25) is 0 Å². The summed E-state index contributed by atoms with van der Waals surface area (Å²) >= 11 is 0. The molecule has 1 fully saturated rings. The highest BCUT2D eigenvalue weighted by molar-refractivity contribution is 6.05. The second-order valence-electron chi connectivity index (χ2n) is 5.93. The van der Waals surface area contributed by atoms with Crippen LogP contribution in [0.1, 0.15) is 35.7 Å². The van der Waals surface area contributed by atoms with Gasteiger partial charge in [0.05, 0.1) is 6.08 Å². The van der Waals surface area contributed by atoms with Crippen molar-refractivity contribution in [1.82, 2.24) is 0 Å². The quantitative estimate of drug-likeness (QED) is 0.480. The zero-order valence-electron chi connectivity index (χ0n) is 13.6. The molecule has 1 aliphatic rings. The number of carbonyl (C=O) groups excluding carboxylic acids is 1. The van der Waals surface area contributed by atoms with Crippen LogP contribution in [0.25, 0.3) is 6.20 Å². The minimum atomic E-state index is 0.0313. The van der Waals surface area contributed by atoms with E-state index in [1.165, 1.54) is 24.1 Å². The fourth-order valence-corrected chi connectivity index (χ4v) is 2.87. The molecule has 1 aromatic heterocycles. The molecule has 3 nitrogen and oxygen atoms in total. The number of benzene rings is 1. The molecule has 0 bridgehead atoms. The first-order valence-electron chi connectivity index (χ1n) is 8.33. The number of hydrogen-bond acceptors (Lipinski definition) is 2. The van der Waals surface area contributed by atoms with Crippen LogP contribution >= 0.6 is 0 Å². The molecule has 0 amide bonds. The number of ketones is 1. The van der Waals surface area contributed by atoms with Gasteiger partial charge in [0.15, 0.2) is 24.4 Å². The largest absolute Gasteiger partial charge is 0.371 e. The molecular formula is C20H23N2O+. The molecule has 0 N–H and O–H groups in total. The van der Waals surface area contributed by atoms with E-state index >= 15 is 0 Å². The van der Waals surface area contributed by atoms with E-state index < -0.39 is 0 Å². The van der Waals surface area contributed by atoms with Crippen molar-refractivity contribution in [3.05, 3.63) is 66.0 Å². The van der Waals surface area contributed by atoms with E-state index in [1.54, 1.807) is 6.08 Å². The molecule has 2 aromatic rings. The highest BCUT2D eigenvalue weighted by Crippen LogP contribution is 2.17. The molecule has 0 radical (unpaired) electrons. The van der Waals surface area contributed by atoms with Crippen LogP contribution in [0.3, 0.4) is 0 Å². The minimum absolute atomic E-state index is 0.0313. The number of aromatic nitrogens is 1. The second kappa shape index (κ2) is 7.23. The Balaban J connectivity index is 1.65. The molecule has 0 aliphatic carbocycles. The van der Waals surface area contributed by atoms with Gasteiger partial charge in [-0.1, -0.05) is 31.2 Å². The third kappa shape index (κ3) is 3.86. The van der Waals surface area contributed by atoms with Gasteiger partial charge >= 0.3 is 0 Å². The monoisotopic (exact) mass is 307 g/mol. The van der Waals surface area contributed by atoms with Crippen molar-refractivity contribution in [2.24, 2.45) is 0 Å². The van der Waals surface area contributed by atoms with Crippen molar-refractivity contribution in [3.8, 4) is 0 Å². The Morgan fingerprint density at radius 1 is 1.09 bits per heavy atom. The van der Waals surface area contributed by atoms with Crippen LogP contribution in [0, 0.1) is 0 Å². The highest BCUT2D eigenvalue weighted by Gasteiger charge is 2.13. The summed E-state index contributed by atoms with van der Waals surface area (Å²) in [4.78, 5) is 14.6. The van der Waals surface area contributed by atoms with Crippen LogP contribution in [-0.4, -0.2) is 18.9 Å². The molecule has 1 aromatic carbocycles. The van der Waals surface area contributed by atoms with Gasteiger partial charge in [-0.2, -0.15) is 4.57 Å². The van der Waals surface area contributed by atoms with E-state index in [4.69, 9.17) is 0 Å². The Labute approximate surface area is 137 Å². The van der Waals surface area contributed by atoms with Crippen LogP contribution in [0.5, 0.6) is 0 Å². The Hall–Kier alpha value is -2.42. The summed E-state index contributed by atoms with van der Waals surface area (Å²) < 4.78 is 1.91. The Bertz CT molecular complexity index is 681. The lowest BCUT2D eigenvalue weighted by Crippen LogP contribution is -2.26. The molecule has 0 spiro atoms. The Morgan fingerprint density at radius 3 is 2.35 bits per heavy atom. The molecule has 1 aliphatic heterocycles. The van der Waals surface area contributed by atoms with E-state index in [-0.39, 0.29) is 5.78 Å². The maximum absolute atomic E-state index is 12.2. The Kier molecular flexibility index (Phi) is 4.86. The number of pyridine rings is 1. The van der Waals surface area contributed by atoms with E-state index in [0.29, 0.717) is 0 Å². The second-order valence-corrected chi connectivity index (χ2v) is 5.93. The maximum atomic E-state index is 12.2. The average molecular weight is 307 g/mol. The molecule has 3 rings (SSSR count). The number of hydrogen-bond donors (Lipinski definition) is 0. The Morgan fingerprint density at radius 2 is 1.74 bits per heavy atom. The summed E-state index contributed by atoms with van der Waals surface area (Å²) in [5.41, 5.74) is 3.23. The smallest absolute Gasteiger partial charge is 0.191 e. The van der Waals surface area contributed by atoms with Crippen molar-refractivity contribution >= 4 is 17.7 Å². The molecule has 118 valence electrons. The van der Waals surface area contributed by atoms with Gasteiger partial charge in [0.1, 0.15) is 0 Å². The SMILES string of the molecule is CCc1ccc(C(=O)/C=C/[n+]2ccc(N3CCCC3)cc2)cc1. The van der Waals surface area contributed by atoms with Crippen molar-refractivity contribution in [3.63, 3.8) is 0 Å². The number of carbonyl (C=O) groups is 1. The lowest BCUT2D eigenvalue weighted by atomic mass is 10.1. The first-order chi connectivity index (χ1) is 11.3. The number of aryl methyl sites for hydroxylation is 1. The van der Waals surface area contributed by atoms with Gasteiger partial charge < -0.3 is 4.90 Å². The van der Waals surface area contributed by atoms with Crippen molar-refractivity contribution in [2.75, 3.05) is 18.0 Å². The first-order valence-corrected chi connectivity index (χ1v) is 8.33. The van der Waals surface area contributed by atoms with Crippen LogP contribution in [0.2, 0.25) is 0 Å². The standard InChI is InChI=1S/C20H23N2O/c1-2-17-5-7-18(8-6-17)20(23)11-16-21-14-9-19(10-15-21)22-12-3-4-13-22/h5-11,14-16H,2-4,12-13H2,1H3/q+1/b16-11+. The number of anilines is 1. The minimum Gasteiger partial charge on any atom is -0.371 e. The molecule has 0 unspecified atom stereocenters. The van der Waals surface area contributed by atoms with Gasteiger partial charge in [-0.05, 0) is 24.8 Å². The van der Waals surface area contributed by atoms with Gasteiger partial charge in [-0.25, -0.2) is 0 Å². The molecule has 0 saturated carbocycles. The van der Waals surface area contributed by atoms with Crippen LogP contribution < -0.4 is 9.47 Å². The predicted octanol–water partition coefficient (Wildman–Crippen LogP) is 3.49. The summed E-state index contributed by atoms with van der Waals surface area (Å²) in [6.45, 7) is 4.40. The summed E-state index contributed by atoms with van der Waals surface area (Å²) in [7, 11) is 0.